The van der Waals surface area contributed by atoms with Crippen molar-refractivity contribution in [1.29, 1.82) is 0 Å². The van der Waals surface area contributed by atoms with Gasteiger partial charge in [-0.25, -0.2) is 0 Å². The van der Waals surface area contributed by atoms with E-state index in [4.69, 9.17) is 20.5 Å². The van der Waals surface area contributed by atoms with Crippen LogP contribution in [-0.2, 0) is 13.1 Å². The molecule has 0 radical (unpaired) electrons. The van der Waals surface area contributed by atoms with Gasteiger partial charge in [0.1, 0.15) is 0 Å². The fourth-order valence-corrected chi connectivity index (χ4v) is 1.19. The van der Waals surface area contributed by atoms with Crippen LogP contribution in [0.4, 0.5) is 11.8 Å². The first-order chi connectivity index (χ1) is 7.24. The highest BCUT2D eigenvalue weighted by Gasteiger charge is 2.12. The van der Waals surface area contributed by atoms with Crippen LogP contribution in [0.3, 0.4) is 0 Å². The van der Waals surface area contributed by atoms with E-state index >= 15 is 0 Å². The Bertz CT molecular complexity index is 396. The first kappa shape index (κ1) is 9.44. The Morgan fingerprint density at radius 1 is 1.00 bits per heavy atom. The lowest BCUT2D eigenvalue weighted by Gasteiger charge is -1.83. The zero-order chi connectivity index (χ0) is 10.7. The summed E-state index contributed by atoms with van der Waals surface area (Å²) in [5.74, 6) is 0.599. The summed E-state index contributed by atoms with van der Waals surface area (Å²) in [5.41, 5.74) is 10.7. The Labute approximate surface area is 85.0 Å². The molecule has 0 aliphatic rings. The Hall–Kier alpha value is -2.12. The minimum Gasteiger partial charge on any atom is -0.362 e. The molecular formula is C7H12N6O2+2. The number of aromatic nitrogens is 4. The molecular weight excluding hydrogens is 200 g/mol. The summed E-state index contributed by atoms with van der Waals surface area (Å²) in [5, 5.41) is 7.38. The molecule has 0 bridgehead atoms. The van der Waals surface area contributed by atoms with Crippen molar-refractivity contribution in [2.75, 3.05) is 11.5 Å². The van der Waals surface area contributed by atoms with Gasteiger partial charge in [-0.15, -0.1) is 0 Å². The molecule has 0 saturated carbocycles. The van der Waals surface area contributed by atoms with E-state index in [1.165, 1.54) is 0 Å². The molecule has 0 atom stereocenters. The SMILES string of the molecule is Nc1c[n+](CCC[n+]2cc(N)on2)no1. The summed E-state index contributed by atoms with van der Waals surface area (Å²) in [7, 11) is 0. The third-order valence-electron chi connectivity index (χ3n) is 1.83. The van der Waals surface area contributed by atoms with Crippen molar-refractivity contribution in [2.24, 2.45) is 0 Å². The van der Waals surface area contributed by atoms with Gasteiger partial charge in [-0.3, -0.25) is 9.05 Å². The van der Waals surface area contributed by atoms with Crippen molar-refractivity contribution < 1.29 is 18.4 Å². The van der Waals surface area contributed by atoms with E-state index in [1.807, 2.05) is 0 Å². The molecule has 2 heterocycles. The average molecular weight is 212 g/mol. The Balaban J connectivity index is 1.80. The fourth-order valence-electron chi connectivity index (χ4n) is 1.19. The summed E-state index contributed by atoms with van der Waals surface area (Å²) in [6.07, 6.45) is 4.08. The van der Waals surface area contributed by atoms with Crippen LogP contribution in [0.1, 0.15) is 6.42 Å². The maximum Gasteiger partial charge on any atom is 0.293 e. The van der Waals surface area contributed by atoms with E-state index in [-0.39, 0.29) is 0 Å². The Morgan fingerprint density at radius 2 is 1.47 bits per heavy atom. The van der Waals surface area contributed by atoms with Crippen LogP contribution < -0.4 is 20.8 Å². The molecule has 0 saturated heterocycles. The quantitative estimate of drug-likeness (QED) is 0.596. The number of hydrogen-bond donors (Lipinski definition) is 2. The summed E-state index contributed by atoms with van der Waals surface area (Å²) < 4.78 is 12.7. The average Bonchev–Trinajstić information content (AvgIpc) is 2.76. The third kappa shape index (κ3) is 2.42. The monoisotopic (exact) mass is 212 g/mol. The molecule has 15 heavy (non-hydrogen) atoms. The maximum absolute atomic E-state index is 5.37. The number of nitrogen functional groups attached to an aromatic ring is 2. The lowest BCUT2D eigenvalue weighted by Crippen LogP contribution is -2.40. The highest BCUT2D eigenvalue weighted by Crippen LogP contribution is 1.92. The normalized spacial score (nSPS) is 10.7. The largest absolute Gasteiger partial charge is 0.362 e. The predicted molar refractivity (Wildman–Crippen MR) is 46.8 cm³/mol. The van der Waals surface area contributed by atoms with E-state index in [0.29, 0.717) is 24.9 Å². The smallest absolute Gasteiger partial charge is 0.293 e. The standard InChI is InChI=1S/C7H12N6O2/c8-6-4-12(10-14-6)2-1-3-13-5-7(9)15-11-13/h4-5H,1-3,8-9H2/q+2. The summed E-state index contributed by atoms with van der Waals surface area (Å²) in [6, 6.07) is 0. The van der Waals surface area contributed by atoms with Crippen LogP contribution in [-0.4, -0.2) is 10.5 Å². The second-order valence-electron chi connectivity index (χ2n) is 3.09. The highest BCUT2D eigenvalue weighted by molar-refractivity contribution is 5.11. The minimum absolute atomic E-state index is 0.299. The highest BCUT2D eigenvalue weighted by atomic mass is 16.5. The van der Waals surface area contributed by atoms with Crippen LogP contribution >= 0.6 is 0 Å². The van der Waals surface area contributed by atoms with Crippen molar-refractivity contribution in [3.05, 3.63) is 12.4 Å². The molecule has 0 unspecified atom stereocenters. The molecule has 0 aromatic carbocycles. The van der Waals surface area contributed by atoms with Gasteiger partial charge in [0.2, 0.25) is 10.5 Å². The van der Waals surface area contributed by atoms with Crippen LogP contribution in [0.15, 0.2) is 21.4 Å². The third-order valence-corrected chi connectivity index (χ3v) is 1.83. The molecule has 0 fully saturated rings. The van der Waals surface area contributed by atoms with Gasteiger partial charge < -0.3 is 11.5 Å². The Morgan fingerprint density at radius 3 is 1.80 bits per heavy atom. The predicted octanol–water partition coefficient (Wildman–Crippen LogP) is -1.51. The van der Waals surface area contributed by atoms with Gasteiger partial charge >= 0.3 is 0 Å². The van der Waals surface area contributed by atoms with Gasteiger partial charge in [0.25, 0.3) is 24.2 Å². The number of nitrogens with zero attached hydrogens (tertiary/aromatic N) is 4. The van der Waals surface area contributed by atoms with Crippen molar-refractivity contribution in [1.82, 2.24) is 10.5 Å². The van der Waals surface area contributed by atoms with Gasteiger partial charge in [0, 0.05) is 0 Å². The zero-order valence-electron chi connectivity index (χ0n) is 8.04. The number of rotatable bonds is 4. The molecule has 0 amide bonds. The lowest BCUT2D eigenvalue weighted by atomic mass is 10.4. The molecule has 2 aromatic rings. The first-order valence-corrected chi connectivity index (χ1v) is 4.48. The van der Waals surface area contributed by atoms with Crippen LogP contribution in [0.25, 0.3) is 0 Å². The van der Waals surface area contributed by atoms with Crippen molar-refractivity contribution in [2.45, 2.75) is 19.5 Å². The molecule has 4 N–H and O–H groups in total. The number of anilines is 2. The second kappa shape index (κ2) is 3.95. The zero-order valence-corrected chi connectivity index (χ0v) is 8.04. The lowest BCUT2D eigenvalue weighted by molar-refractivity contribution is -0.789. The summed E-state index contributed by atoms with van der Waals surface area (Å²) in [6.45, 7) is 1.39. The van der Waals surface area contributed by atoms with Crippen molar-refractivity contribution in [3.8, 4) is 0 Å². The molecule has 0 aliphatic heterocycles. The van der Waals surface area contributed by atoms with Crippen LogP contribution in [0, 0.1) is 0 Å². The summed E-state index contributed by atoms with van der Waals surface area (Å²) >= 11 is 0. The maximum atomic E-state index is 5.37. The van der Waals surface area contributed by atoms with Crippen molar-refractivity contribution in [3.63, 3.8) is 0 Å². The van der Waals surface area contributed by atoms with Gasteiger partial charge in [0.05, 0.1) is 6.42 Å². The number of nitrogens with two attached hydrogens (primary N) is 2. The van der Waals surface area contributed by atoms with Gasteiger partial charge in [0.15, 0.2) is 13.1 Å². The van der Waals surface area contributed by atoms with Gasteiger partial charge in [-0.2, -0.15) is 0 Å². The van der Waals surface area contributed by atoms with Crippen molar-refractivity contribution >= 4 is 11.8 Å². The van der Waals surface area contributed by atoms with Crippen LogP contribution in [0.5, 0.6) is 0 Å². The Kier molecular flexibility index (Phi) is 2.48. The van der Waals surface area contributed by atoms with Crippen LogP contribution in [0.2, 0.25) is 0 Å². The second-order valence-corrected chi connectivity index (χ2v) is 3.09. The van der Waals surface area contributed by atoms with E-state index < -0.39 is 0 Å². The minimum atomic E-state index is 0.299. The fraction of sp³-hybridized carbons (Fsp3) is 0.429. The van der Waals surface area contributed by atoms with Gasteiger partial charge in [-0.1, -0.05) is 9.36 Å². The molecule has 80 valence electrons. The van der Waals surface area contributed by atoms with E-state index in [0.717, 1.165) is 6.42 Å². The van der Waals surface area contributed by atoms with Gasteiger partial charge in [-0.05, 0) is 0 Å². The molecule has 0 aliphatic carbocycles. The van der Waals surface area contributed by atoms with E-state index in [1.54, 1.807) is 21.8 Å². The van der Waals surface area contributed by atoms with E-state index in [2.05, 4.69) is 10.5 Å². The summed E-state index contributed by atoms with van der Waals surface area (Å²) in [4.78, 5) is 0. The molecule has 0 spiro atoms. The number of aryl methyl sites for hydroxylation is 2. The van der Waals surface area contributed by atoms with E-state index in [9.17, 15) is 0 Å². The number of hydrogen-bond acceptors (Lipinski definition) is 6. The molecule has 8 nitrogen and oxygen atoms in total. The topological polar surface area (TPSA) is 112 Å². The first-order valence-electron chi connectivity index (χ1n) is 4.48. The molecule has 2 aromatic heterocycles. The molecule has 2 rings (SSSR count). The molecule has 8 heteroatoms.